The Labute approximate surface area is 98.6 Å². The molecular formula is C14H21O2. The molecule has 0 aliphatic rings. The van der Waals surface area contributed by atoms with E-state index in [-0.39, 0.29) is 6.10 Å². The van der Waals surface area contributed by atoms with E-state index in [0.717, 1.165) is 36.5 Å². The van der Waals surface area contributed by atoms with Gasteiger partial charge in [0.15, 0.2) is 0 Å². The van der Waals surface area contributed by atoms with Crippen LogP contribution in [-0.2, 0) is 0 Å². The number of ether oxygens (including phenoxy) is 2. The van der Waals surface area contributed by atoms with Crippen LogP contribution in [0.5, 0.6) is 11.5 Å². The van der Waals surface area contributed by atoms with Gasteiger partial charge in [-0.25, -0.2) is 0 Å². The van der Waals surface area contributed by atoms with E-state index < -0.39 is 0 Å². The first-order valence-corrected chi connectivity index (χ1v) is 5.88. The van der Waals surface area contributed by atoms with Crippen molar-refractivity contribution in [3.8, 4) is 11.5 Å². The molecule has 0 bridgehead atoms. The molecule has 0 atom stereocenters. The predicted octanol–water partition coefficient (Wildman–Crippen LogP) is 3.83. The maximum atomic E-state index is 5.63. The Balaban J connectivity index is 2.65. The highest BCUT2D eigenvalue weighted by Crippen LogP contribution is 2.23. The Bertz CT molecular complexity index is 319. The second-order valence-electron chi connectivity index (χ2n) is 4.18. The molecule has 89 valence electrons. The molecule has 0 spiro atoms. The molecule has 2 nitrogen and oxygen atoms in total. The van der Waals surface area contributed by atoms with Crippen LogP contribution in [0.25, 0.3) is 0 Å². The normalized spacial score (nSPS) is 10.6. The summed E-state index contributed by atoms with van der Waals surface area (Å²) in [5.74, 6) is 1.67. The van der Waals surface area contributed by atoms with Crippen molar-refractivity contribution in [1.29, 1.82) is 0 Å². The molecule has 0 N–H and O–H groups in total. The van der Waals surface area contributed by atoms with Crippen LogP contribution in [0.1, 0.15) is 39.2 Å². The van der Waals surface area contributed by atoms with Gasteiger partial charge in [0, 0.05) is 6.07 Å². The third-order valence-corrected chi connectivity index (χ3v) is 2.08. The van der Waals surface area contributed by atoms with Gasteiger partial charge in [0.1, 0.15) is 11.5 Å². The molecule has 1 radical (unpaired) electrons. The first-order chi connectivity index (χ1) is 7.61. The van der Waals surface area contributed by atoms with Gasteiger partial charge in [0.25, 0.3) is 0 Å². The number of rotatable bonds is 6. The van der Waals surface area contributed by atoms with E-state index in [9.17, 15) is 0 Å². The molecule has 1 aromatic carbocycles. The van der Waals surface area contributed by atoms with E-state index in [1.165, 1.54) is 0 Å². The molecule has 1 rings (SSSR count). The SMILES string of the molecule is [CH2]c1cc(OCCCC)cc(OC(C)C)c1. The highest BCUT2D eigenvalue weighted by Gasteiger charge is 2.02. The van der Waals surface area contributed by atoms with Gasteiger partial charge in [-0.15, -0.1) is 0 Å². The van der Waals surface area contributed by atoms with Crippen molar-refractivity contribution in [3.05, 3.63) is 30.7 Å². The lowest BCUT2D eigenvalue weighted by Crippen LogP contribution is -2.06. The average molecular weight is 221 g/mol. The zero-order chi connectivity index (χ0) is 12.0. The minimum Gasteiger partial charge on any atom is -0.493 e. The fraction of sp³-hybridized carbons (Fsp3) is 0.500. The van der Waals surface area contributed by atoms with E-state index in [2.05, 4.69) is 13.8 Å². The van der Waals surface area contributed by atoms with Crippen molar-refractivity contribution in [1.82, 2.24) is 0 Å². The second-order valence-corrected chi connectivity index (χ2v) is 4.18. The molecule has 0 fully saturated rings. The molecule has 0 aliphatic heterocycles. The first-order valence-electron chi connectivity index (χ1n) is 5.88. The standard InChI is InChI=1S/C14H21O2/c1-5-6-7-15-13-8-12(4)9-14(10-13)16-11(2)3/h8-11H,4-7H2,1-3H3. The van der Waals surface area contributed by atoms with E-state index in [1.54, 1.807) is 0 Å². The monoisotopic (exact) mass is 221 g/mol. The minimum absolute atomic E-state index is 0.172. The van der Waals surface area contributed by atoms with Crippen LogP contribution < -0.4 is 9.47 Å². The van der Waals surface area contributed by atoms with E-state index in [1.807, 2.05) is 32.0 Å². The molecular weight excluding hydrogens is 200 g/mol. The Morgan fingerprint density at radius 2 is 1.88 bits per heavy atom. The van der Waals surface area contributed by atoms with Gasteiger partial charge in [0.2, 0.25) is 0 Å². The smallest absolute Gasteiger partial charge is 0.123 e. The van der Waals surface area contributed by atoms with Gasteiger partial charge in [-0.2, -0.15) is 0 Å². The predicted molar refractivity (Wildman–Crippen MR) is 67.1 cm³/mol. The molecule has 2 heteroatoms. The lowest BCUT2D eigenvalue weighted by Gasteiger charge is -2.12. The number of hydrogen-bond donors (Lipinski definition) is 0. The van der Waals surface area contributed by atoms with Crippen LogP contribution in [-0.4, -0.2) is 12.7 Å². The molecule has 0 unspecified atom stereocenters. The maximum absolute atomic E-state index is 5.63. The van der Waals surface area contributed by atoms with Crippen molar-refractivity contribution >= 4 is 0 Å². The van der Waals surface area contributed by atoms with Crippen LogP contribution in [0.3, 0.4) is 0 Å². The van der Waals surface area contributed by atoms with Crippen LogP contribution in [0.4, 0.5) is 0 Å². The fourth-order valence-corrected chi connectivity index (χ4v) is 1.39. The van der Waals surface area contributed by atoms with Gasteiger partial charge < -0.3 is 9.47 Å². The summed E-state index contributed by atoms with van der Waals surface area (Å²) in [6, 6.07) is 5.78. The van der Waals surface area contributed by atoms with Gasteiger partial charge in [-0.3, -0.25) is 0 Å². The lowest BCUT2D eigenvalue weighted by molar-refractivity contribution is 0.239. The van der Waals surface area contributed by atoms with Crippen LogP contribution in [0, 0.1) is 6.92 Å². The summed E-state index contributed by atoms with van der Waals surface area (Å²) in [7, 11) is 0. The maximum Gasteiger partial charge on any atom is 0.123 e. The Morgan fingerprint density at radius 3 is 2.50 bits per heavy atom. The molecule has 0 heterocycles. The summed E-state index contributed by atoms with van der Waals surface area (Å²) >= 11 is 0. The average Bonchev–Trinajstić information content (AvgIpc) is 2.16. The van der Waals surface area contributed by atoms with E-state index >= 15 is 0 Å². The first kappa shape index (κ1) is 12.9. The van der Waals surface area contributed by atoms with Crippen molar-refractivity contribution in [2.45, 2.75) is 39.7 Å². The molecule has 0 amide bonds. The van der Waals surface area contributed by atoms with Crippen LogP contribution >= 0.6 is 0 Å². The molecule has 0 saturated heterocycles. The summed E-state index contributed by atoms with van der Waals surface area (Å²) in [4.78, 5) is 0. The summed E-state index contributed by atoms with van der Waals surface area (Å²) in [6.45, 7) is 10.8. The topological polar surface area (TPSA) is 18.5 Å². The van der Waals surface area contributed by atoms with Gasteiger partial charge >= 0.3 is 0 Å². The zero-order valence-electron chi connectivity index (χ0n) is 10.5. The Morgan fingerprint density at radius 1 is 1.19 bits per heavy atom. The van der Waals surface area contributed by atoms with Gasteiger partial charge in [0.05, 0.1) is 12.7 Å². The zero-order valence-corrected chi connectivity index (χ0v) is 10.5. The summed E-state index contributed by atoms with van der Waals surface area (Å²) in [5.41, 5.74) is 0.921. The van der Waals surface area contributed by atoms with Crippen molar-refractivity contribution in [2.75, 3.05) is 6.61 Å². The number of unbranched alkanes of at least 4 members (excludes halogenated alkanes) is 1. The van der Waals surface area contributed by atoms with Crippen molar-refractivity contribution in [2.24, 2.45) is 0 Å². The van der Waals surface area contributed by atoms with Crippen LogP contribution in [0.2, 0.25) is 0 Å². The molecule has 0 aromatic heterocycles. The summed E-state index contributed by atoms with van der Waals surface area (Å²) < 4.78 is 11.3. The third kappa shape index (κ3) is 4.56. The molecule has 0 saturated carbocycles. The van der Waals surface area contributed by atoms with Crippen molar-refractivity contribution in [3.63, 3.8) is 0 Å². The Kier molecular flexibility index (Phi) is 5.17. The Hall–Kier alpha value is -1.18. The second kappa shape index (κ2) is 6.41. The quantitative estimate of drug-likeness (QED) is 0.680. The lowest BCUT2D eigenvalue weighted by atomic mass is 10.2. The molecule has 0 aliphatic carbocycles. The third-order valence-electron chi connectivity index (χ3n) is 2.08. The van der Waals surface area contributed by atoms with Gasteiger partial charge in [-0.1, -0.05) is 13.3 Å². The summed E-state index contributed by atoms with van der Waals surface area (Å²) in [6.07, 6.45) is 2.38. The number of benzene rings is 1. The fourth-order valence-electron chi connectivity index (χ4n) is 1.39. The summed E-state index contributed by atoms with van der Waals surface area (Å²) in [5, 5.41) is 0. The number of hydrogen-bond acceptors (Lipinski definition) is 2. The van der Waals surface area contributed by atoms with Gasteiger partial charge in [-0.05, 0) is 44.9 Å². The van der Waals surface area contributed by atoms with Crippen molar-refractivity contribution < 1.29 is 9.47 Å². The minimum atomic E-state index is 0.172. The van der Waals surface area contributed by atoms with Crippen LogP contribution in [0.15, 0.2) is 18.2 Å². The van der Waals surface area contributed by atoms with E-state index in [0.29, 0.717) is 0 Å². The molecule has 1 aromatic rings. The van der Waals surface area contributed by atoms with E-state index in [4.69, 9.17) is 9.47 Å². The largest absolute Gasteiger partial charge is 0.493 e. The molecule has 16 heavy (non-hydrogen) atoms. The highest BCUT2D eigenvalue weighted by atomic mass is 16.5. The highest BCUT2D eigenvalue weighted by molar-refractivity contribution is 5.39.